The molecule has 4 heteroatoms. The summed E-state index contributed by atoms with van der Waals surface area (Å²) in [4.78, 5) is 13.9. The van der Waals surface area contributed by atoms with Crippen molar-refractivity contribution >= 4 is 12.4 Å². The largest absolute Gasteiger partial charge is 0.319 e. The van der Waals surface area contributed by atoms with E-state index in [2.05, 4.69) is 10.3 Å². The Hall–Kier alpha value is -1.55. The molecule has 0 saturated carbocycles. The van der Waals surface area contributed by atoms with E-state index in [0.717, 1.165) is 18.5 Å². The molecule has 1 aromatic heterocycles. The lowest BCUT2D eigenvalue weighted by Crippen LogP contribution is -2.05. The smallest absolute Gasteiger partial charge is 0.223 e. The first-order valence-electron chi connectivity index (χ1n) is 4.70. The standard InChI is InChI=1S/C11H13FN2O/c1-13-5-3-2-4-9-6-10(8-15)11(12)14-7-9/h2,4,6-8,13H,3,5H2,1H3. The Morgan fingerprint density at radius 2 is 2.40 bits per heavy atom. The van der Waals surface area contributed by atoms with E-state index in [1.807, 2.05) is 19.2 Å². The van der Waals surface area contributed by atoms with E-state index in [0.29, 0.717) is 6.29 Å². The number of carbonyl (C=O) groups is 1. The quantitative estimate of drug-likeness (QED) is 0.454. The van der Waals surface area contributed by atoms with Gasteiger partial charge in [0.15, 0.2) is 6.29 Å². The molecule has 0 spiro atoms. The zero-order valence-corrected chi connectivity index (χ0v) is 8.53. The van der Waals surface area contributed by atoms with Gasteiger partial charge in [0.1, 0.15) is 0 Å². The Kier molecular flexibility index (Phi) is 4.63. The lowest BCUT2D eigenvalue weighted by atomic mass is 10.2. The third-order valence-corrected chi connectivity index (χ3v) is 1.89. The van der Waals surface area contributed by atoms with Crippen LogP contribution in [0, 0.1) is 5.95 Å². The molecule has 0 aliphatic heterocycles. The average Bonchev–Trinajstić information content (AvgIpc) is 2.26. The van der Waals surface area contributed by atoms with Crippen molar-refractivity contribution in [3.8, 4) is 0 Å². The lowest BCUT2D eigenvalue weighted by molar-refractivity contribution is 0.111. The number of hydrogen-bond donors (Lipinski definition) is 1. The van der Waals surface area contributed by atoms with E-state index in [9.17, 15) is 9.18 Å². The fourth-order valence-corrected chi connectivity index (χ4v) is 1.10. The Morgan fingerprint density at radius 3 is 3.07 bits per heavy atom. The van der Waals surface area contributed by atoms with E-state index in [-0.39, 0.29) is 5.56 Å². The van der Waals surface area contributed by atoms with Gasteiger partial charge < -0.3 is 5.32 Å². The van der Waals surface area contributed by atoms with Gasteiger partial charge in [-0.15, -0.1) is 0 Å². The molecular formula is C11H13FN2O. The molecule has 0 aliphatic rings. The lowest BCUT2D eigenvalue weighted by Gasteiger charge is -1.96. The SMILES string of the molecule is CNCCC=Cc1cnc(F)c(C=O)c1. The third kappa shape index (κ3) is 3.59. The van der Waals surface area contributed by atoms with E-state index >= 15 is 0 Å². The number of hydrogen-bond acceptors (Lipinski definition) is 3. The van der Waals surface area contributed by atoms with Crippen molar-refractivity contribution in [1.82, 2.24) is 10.3 Å². The summed E-state index contributed by atoms with van der Waals surface area (Å²) in [5.74, 6) is -0.725. The molecule has 1 aromatic rings. The van der Waals surface area contributed by atoms with Crippen LogP contribution in [0.4, 0.5) is 4.39 Å². The van der Waals surface area contributed by atoms with Crippen LogP contribution in [0.2, 0.25) is 0 Å². The second-order valence-electron chi connectivity index (χ2n) is 3.06. The van der Waals surface area contributed by atoms with Crippen LogP contribution in [0.15, 0.2) is 18.3 Å². The molecule has 15 heavy (non-hydrogen) atoms. The van der Waals surface area contributed by atoms with Gasteiger partial charge in [-0.05, 0) is 31.6 Å². The first kappa shape index (κ1) is 11.5. The maximum Gasteiger partial charge on any atom is 0.223 e. The minimum atomic E-state index is -0.725. The van der Waals surface area contributed by atoms with Crippen molar-refractivity contribution in [2.45, 2.75) is 6.42 Å². The molecule has 0 radical (unpaired) electrons. The molecule has 0 amide bonds. The molecule has 0 unspecified atom stereocenters. The Morgan fingerprint density at radius 1 is 1.60 bits per heavy atom. The van der Waals surface area contributed by atoms with Crippen LogP contribution in [0.1, 0.15) is 22.3 Å². The molecule has 3 nitrogen and oxygen atoms in total. The molecule has 1 heterocycles. The predicted molar refractivity (Wildman–Crippen MR) is 57.2 cm³/mol. The summed E-state index contributed by atoms with van der Waals surface area (Å²) in [6, 6.07) is 1.48. The fraction of sp³-hybridized carbons (Fsp3) is 0.273. The average molecular weight is 208 g/mol. The van der Waals surface area contributed by atoms with Gasteiger partial charge in [-0.1, -0.05) is 12.2 Å². The zero-order valence-electron chi connectivity index (χ0n) is 8.53. The summed E-state index contributed by atoms with van der Waals surface area (Å²) in [5, 5.41) is 3.00. The summed E-state index contributed by atoms with van der Waals surface area (Å²) in [5.41, 5.74) is 0.723. The topological polar surface area (TPSA) is 42.0 Å². The summed E-state index contributed by atoms with van der Waals surface area (Å²) >= 11 is 0. The molecule has 0 saturated heterocycles. The summed E-state index contributed by atoms with van der Waals surface area (Å²) in [7, 11) is 1.87. The zero-order chi connectivity index (χ0) is 11.1. The summed E-state index contributed by atoms with van der Waals surface area (Å²) < 4.78 is 12.8. The van der Waals surface area contributed by atoms with Crippen LogP contribution in [0.5, 0.6) is 0 Å². The molecule has 80 valence electrons. The number of pyridine rings is 1. The molecule has 0 aliphatic carbocycles. The molecule has 1 N–H and O–H groups in total. The molecule has 0 aromatic carbocycles. The van der Waals surface area contributed by atoms with E-state index in [1.165, 1.54) is 12.3 Å². The maximum absolute atomic E-state index is 12.8. The van der Waals surface area contributed by atoms with Crippen molar-refractivity contribution in [2.24, 2.45) is 0 Å². The van der Waals surface area contributed by atoms with Crippen molar-refractivity contribution in [3.63, 3.8) is 0 Å². The van der Waals surface area contributed by atoms with Crippen LogP contribution in [-0.2, 0) is 0 Å². The number of nitrogens with zero attached hydrogens (tertiary/aromatic N) is 1. The number of aldehydes is 1. The Balaban J connectivity index is 2.69. The Labute approximate surface area is 88.0 Å². The number of nitrogens with one attached hydrogen (secondary N) is 1. The van der Waals surface area contributed by atoms with Gasteiger partial charge in [-0.2, -0.15) is 4.39 Å². The van der Waals surface area contributed by atoms with Gasteiger partial charge in [-0.3, -0.25) is 4.79 Å². The molecule has 0 fully saturated rings. The van der Waals surface area contributed by atoms with Crippen molar-refractivity contribution in [3.05, 3.63) is 35.4 Å². The van der Waals surface area contributed by atoms with E-state index in [4.69, 9.17) is 0 Å². The van der Waals surface area contributed by atoms with Crippen molar-refractivity contribution in [1.29, 1.82) is 0 Å². The van der Waals surface area contributed by atoms with Crippen LogP contribution in [0.25, 0.3) is 6.08 Å². The highest BCUT2D eigenvalue weighted by Gasteiger charge is 2.01. The first-order chi connectivity index (χ1) is 7.27. The highest BCUT2D eigenvalue weighted by Crippen LogP contribution is 2.07. The number of halogens is 1. The van der Waals surface area contributed by atoms with Gasteiger partial charge >= 0.3 is 0 Å². The van der Waals surface area contributed by atoms with Gasteiger partial charge in [0.25, 0.3) is 0 Å². The highest BCUT2D eigenvalue weighted by molar-refractivity contribution is 5.75. The van der Waals surface area contributed by atoms with E-state index < -0.39 is 5.95 Å². The minimum absolute atomic E-state index is 0.00855. The van der Waals surface area contributed by atoms with Crippen LogP contribution in [0.3, 0.4) is 0 Å². The van der Waals surface area contributed by atoms with E-state index in [1.54, 1.807) is 0 Å². The predicted octanol–water partition coefficient (Wildman–Crippen LogP) is 1.66. The molecule has 1 rings (SSSR count). The minimum Gasteiger partial charge on any atom is -0.319 e. The highest BCUT2D eigenvalue weighted by atomic mass is 19.1. The molecule has 0 bridgehead atoms. The second-order valence-corrected chi connectivity index (χ2v) is 3.06. The number of rotatable bonds is 5. The number of carbonyl (C=O) groups excluding carboxylic acids is 1. The normalized spacial score (nSPS) is 10.8. The van der Waals surface area contributed by atoms with Gasteiger partial charge in [0, 0.05) is 6.20 Å². The summed E-state index contributed by atoms with van der Waals surface area (Å²) in [6.07, 6.45) is 6.51. The fourth-order valence-electron chi connectivity index (χ4n) is 1.10. The second kappa shape index (κ2) is 6.03. The molecule has 0 atom stereocenters. The Bertz CT molecular complexity index is 364. The first-order valence-corrected chi connectivity index (χ1v) is 4.70. The summed E-state index contributed by atoms with van der Waals surface area (Å²) in [6.45, 7) is 0.881. The third-order valence-electron chi connectivity index (χ3n) is 1.89. The monoisotopic (exact) mass is 208 g/mol. The van der Waals surface area contributed by atoms with Crippen molar-refractivity contribution in [2.75, 3.05) is 13.6 Å². The van der Waals surface area contributed by atoms with Gasteiger partial charge in [0.05, 0.1) is 5.56 Å². The van der Waals surface area contributed by atoms with Gasteiger partial charge in [-0.25, -0.2) is 4.98 Å². The molecular weight excluding hydrogens is 195 g/mol. The van der Waals surface area contributed by atoms with Crippen molar-refractivity contribution < 1.29 is 9.18 Å². The van der Waals surface area contributed by atoms with Crippen LogP contribution in [-0.4, -0.2) is 24.9 Å². The van der Waals surface area contributed by atoms with Crippen LogP contribution >= 0.6 is 0 Å². The van der Waals surface area contributed by atoms with Gasteiger partial charge in [0.2, 0.25) is 5.95 Å². The van der Waals surface area contributed by atoms with Crippen LogP contribution < -0.4 is 5.32 Å². The number of aromatic nitrogens is 1. The maximum atomic E-state index is 12.8.